The first-order valence-corrected chi connectivity index (χ1v) is 15.6. The van der Waals surface area contributed by atoms with E-state index in [9.17, 15) is 14.9 Å². The lowest BCUT2D eigenvalue weighted by molar-refractivity contribution is -0.120. The molecule has 2 bridgehead atoms. The minimum absolute atomic E-state index is 0.0290. The van der Waals surface area contributed by atoms with Crippen molar-refractivity contribution in [3.63, 3.8) is 0 Å². The lowest BCUT2D eigenvalue weighted by Gasteiger charge is -2.37. The fourth-order valence-corrected chi connectivity index (χ4v) is 7.80. The Bertz CT molecular complexity index is 1760. The second-order valence-corrected chi connectivity index (χ2v) is 13.0. The quantitative estimate of drug-likeness (QED) is 0.230. The van der Waals surface area contributed by atoms with Gasteiger partial charge in [0.15, 0.2) is 5.01 Å². The van der Waals surface area contributed by atoms with E-state index in [4.69, 9.17) is 10.1 Å². The number of carbonyl (C=O) groups is 2. The summed E-state index contributed by atoms with van der Waals surface area (Å²) in [6.07, 6.45) is 6.24. The van der Waals surface area contributed by atoms with Gasteiger partial charge in [-0.25, -0.2) is 9.31 Å². The third kappa shape index (κ3) is 5.39. The highest BCUT2D eigenvalue weighted by molar-refractivity contribution is 7.18. The van der Waals surface area contributed by atoms with Crippen LogP contribution in [0, 0.1) is 29.1 Å². The van der Waals surface area contributed by atoms with E-state index in [2.05, 4.69) is 42.2 Å². The minimum atomic E-state index is -1.00. The van der Waals surface area contributed by atoms with Gasteiger partial charge in [0.1, 0.15) is 6.07 Å². The summed E-state index contributed by atoms with van der Waals surface area (Å²) >= 11 is 1.54. The Labute approximate surface area is 257 Å². The van der Waals surface area contributed by atoms with Crippen molar-refractivity contribution < 1.29 is 14.7 Å². The van der Waals surface area contributed by atoms with Crippen LogP contribution in [0.3, 0.4) is 0 Å². The first-order chi connectivity index (χ1) is 21.3. The van der Waals surface area contributed by atoms with Gasteiger partial charge in [0.2, 0.25) is 11.0 Å². The molecule has 4 N–H and O–H groups in total. The van der Waals surface area contributed by atoms with E-state index in [1.165, 1.54) is 6.20 Å². The third-order valence-corrected chi connectivity index (χ3v) is 10.1. The van der Waals surface area contributed by atoms with Gasteiger partial charge in [0.25, 0.3) is 0 Å². The topological polar surface area (TPSA) is 173 Å². The van der Waals surface area contributed by atoms with Crippen molar-refractivity contribution in [3.8, 4) is 28.0 Å². The molecule has 1 unspecified atom stereocenters. The van der Waals surface area contributed by atoms with Crippen molar-refractivity contribution in [2.75, 3.05) is 29.9 Å². The average molecular weight is 613 g/mol. The van der Waals surface area contributed by atoms with Gasteiger partial charge in [-0.3, -0.25) is 9.78 Å². The summed E-state index contributed by atoms with van der Waals surface area (Å²) in [5.41, 5.74) is 4.54. The number of piperidine rings is 1. The van der Waals surface area contributed by atoms with E-state index < -0.39 is 6.09 Å². The number of hydrogen-bond acceptors (Lipinski definition) is 10. The monoisotopic (exact) mass is 612 g/mol. The first kappa shape index (κ1) is 28.0. The SMILES string of the molecule is CC(=O)NC1[C@@H]2CC[C@H]1CN(c1nnc(-c3cnc(-c4ccc5cc(C#N)cnn45)cc3NC3CC(CNC(=O)O)C3)s1)C2. The van der Waals surface area contributed by atoms with Crippen molar-refractivity contribution in [1.82, 2.24) is 35.4 Å². The molecule has 0 aromatic carbocycles. The second kappa shape index (κ2) is 11.4. The number of nitrogens with one attached hydrogen (secondary N) is 3. The van der Waals surface area contributed by atoms with Crippen LogP contribution in [0.2, 0.25) is 0 Å². The zero-order valence-electron chi connectivity index (χ0n) is 24.1. The molecule has 4 aromatic rings. The van der Waals surface area contributed by atoms with Crippen molar-refractivity contribution in [2.24, 2.45) is 17.8 Å². The van der Waals surface area contributed by atoms with E-state index in [-0.39, 0.29) is 23.9 Å². The van der Waals surface area contributed by atoms with Gasteiger partial charge in [-0.15, -0.1) is 10.2 Å². The maximum atomic E-state index is 11.7. The Kier molecular flexibility index (Phi) is 7.25. The highest BCUT2D eigenvalue weighted by Gasteiger charge is 2.43. The highest BCUT2D eigenvalue weighted by atomic mass is 32.1. The number of nitrogens with zero attached hydrogens (tertiary/aromatic N) is 7. The number of amides is 2. The average Bonchev–Trinajstić information content (AvgIpc) is 3.69. The highest BCUT2D eigenvalue weighted by Crippen LogP contribution is 2.42. The number of fused-ring (bicyclic) bond motifs is 3. The lowest BCUT2D eigenvalue weighted by Crippen LogP contribution is -2.52. The van der Waals surface area contributed by atoms with Crippen molar-refractivity contribution in [3.05, 3.63) is 42.2 Å². The number of pyridine rings is 1. The van der Waals surface area contributed by atoms with E-state index in [1.807, 2.05) is 24.4 Å². The van der Waals surface area contributed by atoms with Crippen molar-refractivity contribution in [2.45, 2.75) is 44.7 Å². The molecule has 4 aromatic heterocycles. The molecule has 1 saturated heterocycles. The number of carbonyl (C=O) groups excluding carboxylic acids is 1. The van der Waals surface area contributed by atoms with Gasteiger partial charge in [-0.1, -0.05) is 11.3 Å². The predicted octanol–water partition coefficient (Wildman–Crippen LogP) is 3.60. The molecule has 3 atom stereocenters. The van der Waals surface area contributed by atoms with Crippen LogP contribution >= 0.6 is 11.3 Å². The second-order valence-electron chi connectivity index (χ2n) is 12.0. The van der Waals surface area contributed by atoms with Crippen LogP contribution in [0.15, 0.2) is 36.7 Å². The van der Waals surface area contributed by atoms with Crippen LogP contribution in [0.5, 0.6) is 0 Å². The molecule has 13 nitrogen and oxygen atoms in total. The van der Waals surface area contributed by atoms with E-state index in [0.717, 1.165) is 77.1 Å². The smallest absolute Gasteiger partial charge is 0.404 e. The minimum Gasteiger partial charge on any atom is -0.465 e. The van der Waals surface area contributed by atoms with Crippen LogP contribution in [-0.4, -0.2) is 73.6 Å². The Hall–Kier alpha value is -4.77. The van der Waals surface area contributed by atoms with Gasteiger partial charge in [0.05, 0.1) is 34.2 Å². The van der Waals surface area contributed by atoms with Crippen LogP contribution in [-0.2, 0) is 4.79 Å². The Morgan fingerprint density at radius 1 is 1.14 bits per heavy atom. The summed E-state index contributed by atoms with van der Waals surface area (Å²) in [5, 5.41) is 42.8. The van der Waals surface area contributed by atoms with E-state index in [0.29, 0.717) is 23.9 Å². The zero-order chi connectivity index (χ0) is 30.4. The molecule has 2 saturated carbocycles. The summed E-state index contributed by atoms with van der Waals surface area (Å²) in [5.74, 6) is 1.12. The zero-order valence-corrected chi connectivity index (χ0v) is 24.9. The molecule has 7 rings (SSSR count). The molecule has 3 aliphatic rings. The number of aromatic nitrogens is 5. The molecule has 0 spiro atoms. The number of carboxylic acid groups (broad SMARTS) is 1. The maximum absolute atomic E-state index is 11.7. The Balaban J connectivity index is 1.16. The summed E-state index contributed by atoms with van der Waals surface area (Å²) in [4.78, 5) is 29.8. The number of hydrogen-bond donors (Lipinski definition) is 4. The number of nitriles is 1. The molecule has 5 heterocycles. The Morgan fingerprint density at radius 2 is 1.93 bits per heavy atom. The predicted molar refractivity (Wildman–Crippen MR) is 164 cm³/mol. The standard InChI is InChI=1S/C30H32N10O3S/c1-16(41)35-27-19-2-3-20(27)15-39(14-19)29-38-37-28(44-29)23-13-32-25(26-5-4-22-8-18(10-31)12-34-40(22)26)9-24(23)36-21-6-17(7-21)11-33-30(42)43/h4-5,8-9,12-13,17,19-21,27,33H,2-3,6-7,11,14-15H2,1H3,(H,32,36)(H,35,41)(H,42,43)/t17?,19-,20+,21?,27?. The molecule has 1 aliphatic heterocycles. The molecule has 2 aliphatic carbocycles. The molecule has 226 valence electrons. The molecule has 0 radical (unpaired) electrons. The van der Waals surface area contributed by atoms with Crippen LogP contribution in [0.4, 0.5) is 15.6 Å². The van der Waals surface area contributed by atoms with Gasteiger partial charge >= 0.3 is 6.09 Å². The summed E-state index contributed by atoms with van der Waals surface area (Å²) < 4.78 is 1.77. The van der Waals surface area contributed by atoms with Gasteiger partial charge in [0, 0.05) is 50.5 Å². The van der Waals surface area contributed by atoms with Crippen LogP contribution in [0.25, 0.3) is 27.5 Å². The van der Waals surface area contributed by atoms with E-state index >= 15 is 0 Å². The van der Waals surface area contributed by atoms with Gasteiger partial charge in [-0.2, -0.15) is 10.4 Å². The van der Waals surface area contributed by atoms with Gasteiger partial charge < -0.3 is 26.0 Å². The molecule has 3 fully saturated rings. The molecule has 44 heavy (non-hydrogen) atoms. The van der Waals surface area contributed by atoms with E-state index in [1.54, 1.807) is 28.8 Å². The number of anilines is 2. The van der Waals surface area contributed by atoms with Crippen molar-refractivity contribution >= 4 is 39.7 Å². The fourth-order valence-electron chi connectivity index (χ4n) is 6.91. The van der Waals surface area contributed by atoms with Gasteiger partial charge in [-0.05, 0) is 67.7 Å². The normalized spacial score (nSPS) is 24.0. The molecule has 2 amide bonds. The lowest BCUT2D eigenvalue weighted by atomic mass is 9.80. The summed E-state index contributed by atoms with van der Waals surface area (Å²) in [7, 11) is 0. The molecular formula is C30H32N10O3S. The first-order valence-electron chi connectivity index (χ1n) is 14.8. The summed E-state index contributed by atoms with van der Waals surface area (Å²) in [6.45, 7) is 3.71. The fraction of sp³-hybridized carbons (Fsp3) is 0.433. The number of rotatable bonds is 8. The van der Waals surface area contributed by atoms with Crippen LogP contribution < -0.4 is 20.9 Å². The molecular weight excluding hydrogens is 580 g/mol. The third-order valence-electron chi connectivity index (χ3n) is 9.05. The summed E-state index contributed by atoms with van der Waals surface area (Å²) in [6, 6.07) is 10.2. The van der Waals surface area contributed by atoms with Crippen LogP contribution in [0.1, 0.15) is 38.2 Å². The maximum Gasteiger partial charge on any atom is 0.404 e. The van der Waals surface area contributed by atoms with Crippen molar-refractivity contribution in [1.29, 1.82) is 5.26 Å². The molecule has 14 heteroatoms. The largest absolute Gasteiger partial charge is 0.465 e. The Morgan fingerprint density at radius 3 is 2.66 bits per heavy atom.